The van der Waals surface area contributed by atoms with E-state index in [1.54, 1.807) is 6.26 Å². The molecule has 0 rings (SSSR count). The summed E-state index contributed by atoms with van der Waals surface area (Å²) in [5, 5.41) is 0. The zero-order valence-corrected chi connectivity index (χ0v) is 8.20. The lowest BCUT2D eigenvalue weighted by atomic mass is 10.7. The quantitative estimate of drug-likeness (QED) is 0.424. The van der Waals surface area contributed by atoms with E-state index >= 15 is 0 Å². The fourth-order valence-electron chi connectivity index (χ4n) is 0.677. The third-order valence-electron chi connectivity index (χ3n) is 1.21. The summed E-state index contributed by atoms with van der Waals surface area (Å²) >= 11 is 0. The largest absolute Gasteiger partial charge is 0.499 e. The average molecular weight is 189 g/mol. The maximum atomic E-state index is 5.23. The van der Waals surface area contributed by atoms with E-state index in [1.807, 2.05) is 13.0 Å². The van der Waals surface area contributed by atoms with Gasteiger partial charge in [0, 0.05) is 6.54 Å². The van der Waals surface area contributed by atoms with Crippen LogP contribution in [0.3, 0.4) is 0 Å². The molecular weight excluding hydrogens is 170 g/mol. The molecule has 0 fully saturated rings. The minimum absolute atomic E-state index is 0.560. The molecule has 0 saturated heterocycles. The average Bonchev–Trinajstić information content (AvgIpc) is 2.16. The van der Waals surface area contributed by atoms with Gasteiger partial charge in [0.05, 0.1) is 32.7 Å². The predicted octanol–water partition coefficient (Wildman–Crippen LogP) is 0.529. The van der Waals surface area contributed by atoms with Crippen molar-refractivity contribution in [3.05, 3.63) is 12.3 Å². The molecule has 0 amide bonds. The summed E-state index contributed by atoms with van der Waals surface area (Å²) < 4.78 is 15.4. The summed E-state index contributed by atoms with van der Waals surface area (Å²) in [5.41, 5.74) is 5.23. The molecule has 4 nitrogen and oxygen atoms in total. The first-order chi connectivity index (χ1) is 6.41. The Morgan fingerprint density at radius 3 is 2.23 bits per heavy atom. The molecule has 0 aromatic carbocycles. The van der Waals surface area contributed by atoms with Gasteiger partial charge in [0.25, 0.3) is 0 Å². The van der Waals surface area contributed by atoms with E-state index < -0.39 is 0 Å². The van der Waals surface area contributed by atoms with Crippen LogP contribution in [0.5, 0.6) is 0 Å². The molecule has 0 radical (unpaired) electrons. The number of hydrogen-bond acceptors (Lipinski definition) is 4. The monoisotopic (exact) mass is 189 g/mol. The summed E-state index contributed by atoms with van der Waals surface area (Å²) in [4.78, 5) is 0. The highest BCUT2D eigenvalue weighted by Crippen LogP contribution is 1.81. The first-order valence-electron chi connectivity index (χ1n) is 4.50. The van der Waals surface area contributed by atoms with Gasteiger partial charge in [-0.2, -0.15) is 0 Å². The van der Waals surface area contributed by atoms with Crippen LogP contribution >= 0.6 is 0 Å². The molecule has 0 aliphatic rings. The Morgan fingerprint density at radius 1 is 1.00 bits per heavy atom. The normalized spacial score (nSPS) is 10.9. The smallest absolute Gasteiger partial charge is 0.111 e. The number of ether oxygens (including phenoxy) is 3. The Bertz CT molecular complexity index is 117. The highest BCUT2D eigenvalue weighted by atomic mass is 16.5. The van der Waals surface area contributed by atoms with Crippen LogP contribution in [-0.4, -0.2) is 39.6 Å². The minimum atomic E-state index is 0.560. The summed E-state index contributed by atoms with van der Waals surface area (Å²) in [6.45, 7) is 5.43. The molecule has 4 heteroatoms. The molecule has 0 bridgehead atoms. The lowest BCUT2D eigenvalue weighted by molar-refractivity contribution is 0.0327. The van der Waals surface area contributed by atoms with E-state index in [2.05, 4.69) is 0 Å². The molecule has 0 spiro atoms. The van der Waals surface area contributed by atoms with E-state index in [4.69, 9.17) is 19.9 Å². The lowest BCUT2D eigenvalue weighted by Gasteiger charge is -2.04. The summed E-state index contributed by atoms with van der Waals surface area (Å²) in [6.07, 6.45) is 3.48. The molecule has 0 aliphatic carbocycles. The van der Waals surface area contributed by atoms with E-state index in [1.165, 1.54) is 0 Å². The van der Waals surface area contributed by atoms with E-state index in [-0.39, 0.29) is 0 Å². The third-order valence-corrected chi connectivity index (χ3v) is 1.21. The van der Waals surface area contributed by atoms with Gasteiger partial charge < -0.3 is 19.9 Å². The van der Waals surface area contributed by atoms with Crippen molar-refractivity contribution in [1.29, 1.82) is 0 Å². The van der Waals surface area contributed by atoms with Crippen molar-refractivity contribution >= 4 is 0 Å². The maximum absolute atomic E-state index is 5.23. The van der Waals surface area contributed by atoms with Crippen LogP contribution in [0, 0.1) is 0 Å². The topological polar surface area (TPSA) is 53.7 Å². The van der Waals surface area contributed by atoms with Gasteiger partial charge in [0.1, 0.15) is 6.61 Å². The molecule has 2 N–H and O–H groups in total. The standard InChI is InChI=1S/C9H19NO3/c1-2-4-11-6-8-13-9-7-12-5-3-10/h2,4H,3,5-10H2,1H3. The lowest BCUT2D eigenvalue weighted by Crippen LogP contribution is -2.13. The molecule has 78 valence electrons. The summed E-state index contributed by atoms with van der Waals surface area (Å²) in [5.74, 6) is 0. The van der Waals surface area contributed by atoms with Crippen molar-refractivity contribution in [2.75, 3.05) is 39.6 Å². The zero-order valence-electron chi connectivity index (χ0n) is 8.20. The molecule has 0 aromatic heterocycles. The number of nitrogens with two attached hydrogens (primary N) is 1. The van der Waals surface area contributed by atoms with Crippen molar-refractivity contribution in [2.24, 2.45) is 5.73 Å². The van der Waals surface area contributed by atoms with Gasteiger partial charge in [-0.05, 0) is 6.92 Å². The first kappa shape index (κ1) is 12.4. The zero-order chi connectivity index (χ0) is 9.78. The summed E-state index contributed by atoms with van der Waals surface area (Å²) in [6, 6.07) is 0. The highest BCUT2D eigenvalue weighted by Gasteiger charge is 1.88. The van der Waals surface area contributed by atoms with Crippen LogP contribution in [0.2, 0.25) is 0 Å². The van der Waals surface area contributed by atoms with Gasteiger partial charge >= 0.3 is 0 Å². The van der Waals surface area contributed by atoms with Crippen LogP contribution in [0.25, 0.3) is 0 Å². The van der Waals surface area contributed by atoms with Crippen molar-refractivity contribution < 1.29 is 14.2 Å². The minimum Gasteiger partial charge on any atom is -0.499 e. The molecular formula is C9H19NO3. The Balaban J connectivity index is 2.83. The Hall–Kier alpha value is -0.580. The van der Waals surface area contributed by atoms with Crippen molar-refractivity contribution in [3.8, 4) is 0 Å². The Labute approximate surface area is 79.6 Å². The van der Waals surface area contributed by atoms with Gasteiger partial charge in [-0.15, -0.1) is 0 Å². The maximum Gasteiger partial charge on any atom is 0.111 e. The Morgan fingerprint density at radius 2 is 1.62 bits per heavy atom. The second-order valence-electron chi connectivity index (χ2n) is 2.35. The van der Waals surface area contributed by atoms with E-state index in [0.29, 0.717) is 39.6 Å². The third kappa shape index (κ3) is 11.4. The van der Waals surface area contributed by atoms with Crippen LogP contribution in [0.4, 0.5) is 0 Å². The first-order valence-corrected chi connectivity index (χ1v) is 4.50. The van der Waals surface area contributed by atoms with Crippen molar-refractivity contribution in [3.63, 3.8) is 0 Å². The van der Waals surface area contributed by atoms with Gasteiger partial charge in [0.15, 0.2) is 0 Å². The summed E-state index contributed by atoms with van der Waals surface area (Å²) in [7, 11) is 0. The second kappa shape index (κ2) is 11.4. The van der Waals surface area contributed by atoms with Gasteiger partial charge in [0.2, 0.25) is 0 Å². The molecule has 0 aliphatic heterocycles. The van der Waals surface area contributed by atoms with E-state index in [9.17, 15) is 0 Å². The second-order valence-corrected chi connectivity index (χ2v) is 2.35. The highest BCUT2D eigenvalue weighted by molar-refractivity contribution is 4.64. The molecule has 0 unspecified atom stereocenters. The number of allylic oxidation sites excluding steroid dienone is 1. The van der Waals surface area contributed by atoms with Crippen molar-refractivity contribution in [1.82, 2.24) is 0 Å². The fraction of sp³-hybridized carbons (Fsp3) is 0.778. The van der Waals surface area contributed by atoms with Crippen LogP contribution in [0.1, 0.15) is 6.92 Å². The number of hydrogen-bond donors (Lipinski definition) is 1. The molecule has 0 saturated carbocycles. The predicted molar refractivity (Wildman–Crippen MR) is 51.5 cm³/mol. The van der Waals surface area contributed by atoms with Gasteiger partial charge in [-0.3, -0.25) is 0 Å². The van der Waals surface area contributed by atoms with Crippen LogP contribution in [0.15, 0.2) is 12.3 Å². The van der Waals surface area contributed by atoms with Crippen molar-refractivity contribution in [2.45, 2.75) is 6.92 Å². The van der Waals surface area contributed by atoms with Gasteiger partial charge in [-0.1, -0.05) is 6.08 Å². The van der Waals surface area contributed by atoms with Crippen LogP contribution < -0.4 is 5.73 Å². The molecule has 0 aromatic rings. The molecule has 0 heterocycles. The van der Waals surface area contributed by atoms with Gasteiger partial charge in [-0.25, -0.2) is 0 Å². The van der Waals surface area contributed by atoms with E-state index in [0.717, 1.165) is 0 Å². The molecule has 0 atom stereocenters. The molecule has 13 heavy (non-hydrogen) atoms. The Kier molecular flexibility index (Phi) is 10.9. The van der Waals surface area contributed by atoms with Crippen LogP contribution in [-0.2, 0) is 14.2 Å². The fourth-order valence-corrected chi connectivity index (χ4v) is 0.677. The number of rotatable bonds is 9. The SMILES string of the molecule is CC=COCCOCCOCCN.